The van der Waals surface area contributed by atoms with Crippen LogP contribution in [0.15, 0.2) is 235 Å². The quantitative estimate of drug-likeness (QED) is 0.161. The smallest absolute Gasteiger partial charge is 0.136 e. The van der Waals surface area contributed by atoms with Crippen molar-refractivity contribution in [1.29, 1.82) is 0 Å². The lowest BCUT2D eigenvalue weighted by molar-refractivity contribution is 0.669. The van der Waals surface area contributed by atoms with Crippen LogP contribution in [-0.2, 0) is 0 Å². The molecule has 2 heterocycles. The molecular weight excluding hydrogens is 741 g/mol. The molecule has 0 atom stereocenters. The highest BCUT2D eigenvalue weighted by atomic mass is 16.3. The van der Waals surface area contributed by atoms with Crippen LogP contribution in [0.2, 0.25) is 0 Å². The van der Waals surface area contributed by atoms with Gasteiger partial charge in [-0.2, -0.15) is 0 Å². The monoisotopic (exact) mass is 778 g/mol. The molecule has 3 nitrogen and oxygen atoms in total. The number of fused-ring (bicyclic) bond motifs is 7. The Hall–Kier alpha value is -8.14. The molecule has 61 heavy (non-hydrogen) atoms. The Morgan fingerprint density at radius 3 is 1.70 bits per heavy atom. The van der Waals surface area contributed by atoms with Crippen LogP contribution in [0.25, 0.3) is 93.6 Å². The van der Waals surface area contributed by atoms with Gasteiger partial charge in [-0.3, -0.25) is 0 Å². The maximum absolute atomic E-state index is 6.35. The second-order valence-electron chi connectivity index (χ2n) is 15.6. The van der Waals surface area contributed by atoms with Crippen LogP contribution >= 0.6 is 0 Å². The predicted molar refractivity (Wildman–Crippen MR) is 257 cm³/mol. The average Bonchev–Trinajstić information content (AvgIpc) is 3.89. The molecule has 0 aliphatic heterocycles. The van der Waals surface area contributed by atoms with Crippen molar-refractivity contribution in [2.75, 3.05) is 4.90 Å². The Balaban J connectivity index is 1.02. The van der Waals surface area contributed by atoms with E-state index in [1.807, 2.05) is 6.07 Å². The van der Waals surface area contributed by atoms with Gasteiger partial charge in [-0.15, -0.1) is 0 Å². The van der Waals surface area contributed by atoms with Crippen LogP contribution in [0.3, 0.4) is 0 Å². The van der Waals surface area contributed by atoms with E-state index in [4.69, 9.17) is 4.42 Å². The summed E-state index contributed by atoms with van der Waals surface area (Å²) in [4.78, 5) is 2.43. The van der Waals surface area contributed by atoms with Gasteiger partial charge in [0.25, 0.3) is 0 Å². The lowest BCUT2D eigenvalue weighted by Crippen LogP contribution is -2.11. The molecule has 0 N–H and O–H groups in total. The van der Waals surface area contributed by atoms with Gasteiger partial charge in [0.2, 0.25) is 0 Å². The Bertz CT molecular complexity index is 3540. The minimum Gasteiger partial charge on any atom is -0.456 e. The van der Waals surface area contributed by atoms with Crippen LogP contribution < -0.4 is 4.90 Å². The lowest BCUT2D eigenvalue weighted by Gasteiger charge is -2.29. The molecule has 0 radical (unpaired) electrons. The summed E-state index contributed by atoms with van der Waals surface area (Å²) < 4.78 is 8.73. The van der Waals surface area contributed by atoms with Gasteiger partial charge in [-0.1, -0.05) is 170 Å². The van der Waals surface area contributed by atoms with E-state index in [1.54, 1.807) is 0 Å². The van der Waals surface area contributed by atoms with E-state index < -0.39 is 0 Å². The molecule has 0 saturated carbocycles. The molecule has 0 amide bonds. The Kier molecular flexibility index (Phi) is 8.17. The second kappa shape index (κ2) is 14.3. The summed E-state index contributed by atoms with van der Waals surface area (Å²) in [5, 5.41) is 7.13. The zero-order valence-corrected chi connectivity index (χ0v) is 33.2. The molecule has 0 aliphatic carbocycles. The molecule has 286 valence electrons. The molecule has 3 heteroatoms. The first kappa shape index (κ1) is 34.9. The number of furan rings is 1. The highest BCUT2D eigenvalue weighted by Gasteiger charge is 2.21. The summed E-state index contributed by atoms with van der Waals surface area (Å²) in [6, 6.07) is 82.9. The summed E-state index contributed by atoms with van der Waals surface area (Å²) in [7, 11) is 0. The molecule has 0 unspecified atom stereocenters. The van der Waals surface area contributed by atoms with Crippen LogP contribution in [0.4, 0.5) is 17.1 Å². The molecular formula is C58H38N2O. The van der Waals surface area contributed by atoms with Crippen molar-refractivity contribution >= 4 is 71.6 Å². The summed E-state index contributed by atoms with van der Waals surface area (Å²) in [6.45, 7) is 0. The first-order valence-electron chi connectivity index (χ1n) is 20.8. The highest BCUT2D eigenvalue weighted by molar-refractivity contribution is 6.17. The van der Waals surface area contributed by atoms with Crippen LogP contribution in [0.1, 0.15) is 0 Å². The van der Waals surface area contributed by atoms with E-state index in [0.29, 0.717) is 0 Å². The molecule has 0 bridgehead atoms. The molecule has 2 aromatic heterocycles. The van der Waals surface area contributed by atoms with Crippen molar-refractivity contribution in [1.82, 2.24) is 4.57 Å². The normalized spacial score (nSPS) is 11.6. The maximum atomic E-state index is 6.35. The maximum Gasteiger partial charge on any atom is 0.136 e. The van der Waals surface area contributed by atoms with Crippen LogP contribution in [0.5, 0.6) is 0 Å². The SMILES string of the molecule is c1ccc(-c2ccccc2N(c2ccc(-c3cccc(-n4c5ccccc5c5ccccc54)c3)cc2)c2cccc3c(-c4cccc5oc6ccccc6c45)cccc23)cc1. The predicted octanol–water partition coefficient (Wildman–Crippen LogP) is 16.3. The first-order chi connectivity index (χ1) is 30.3. The number of hydrogen-bond donors (Lipinski definition) is 0. The Morgan fingerprint density at radius 1 is 0.328 bits per heavy atom. The number of benzene rings is 10. The van der Waals surface area contributed by atoms with Gasteiger partial charge in [-0.05, 0) is 93.9 Å². The number of rotatable bonds is 7. The highest BCUT2D eigenvalue weighted by Crippen LogP contribution is 2.46. The van der Waals surface area contributed by atoms with Crippen molar-refractivity contribution in [3.8, 4) is 39.1 Å². The van der Waals surface area contributed by atoms with Crippen molar-refractivity contribution in [3.63, 3.8) is 0 Å². The number of para-hydroxylation sites is 4. The molecule has 0 saturated heterocycles. The van der Waals surface area contributed by atoms with E-state index in [9.17, 15) is 0 Å². The van der Waals surface area contributed by atoms with Gasteiger partial charge in [0.15, 0.2) is 0 Å². The second-order valence-corrected chi connectivity index (χ2v) is 15.6. The van der Waals surface area contributed by atoms with E-state index in [2.05, 4.69) is 234 Å². The van der Waals surface area contributed by atoms with Gasteiger partial charge in [0.1, 0.15) is 11.2 Å². The Labute approximate surface area is 353 Å². The fraction of sp³-hybridized carbons (Fsp3) is 0. The van der Waals surface area contributed by atoms with E-state index in [1.165, 1.54) is 38.3 Å². The number of aromatic nitrogens is 1. The fourth-order valence-electron chi connectivity index (χ4n) is 9.49. The van der Waals surface area contributed by atoms with Gasteiger partial charge >= 0.3 is 0 Å². The molecule has 0 aliphatic rings. The molecule has 10 aromatic carbocycles. The summed E-state index contributed by atoms with van der Waals surface area (Å²) in [6.07, 6.45) is 0. The fourth-order valence-corrected chi connectivity index (χ4v) is 9.49. The first-order valence-corrected chi connectivity index (χ1v) is 20.8. The third-order valence-electron chi connectivity index (χ3n) is 12.2. The van der Waals surface area contributed by atoms with Crippen molar-refractivity contribution in [2.45, 2.75) is 0 Å². The third kappa shape index (κ3) is 5.74. The number of anilines is 3. The molecule has 12 aromatic rings. The number of nitrogens with zero attached hydrogens (tertiary/aromatic N) is 2. The summed E-state index contributed by atoms with van der Waals surface area (Å²) in [5.74, 6) is 0. The van der Waals surface area contributed by atoms with Crippen LogP contribution in [0, 0.1) is 0 Å². The summed E-state index contributed by atoms with van der Waals surface area (Å²) >= 11 is 0. The third-order valence-corrected chi connectivity index (χ3v) is 12.2. The summed E-state index contributed by atoms with van der Waals surface area (Å²) in [5.41, 5.74) is 15.6. The number of hydrogen-bond acceptors (Lipinski definition) is 2. The molecule has 12 rings (SSSR count). The largest absolute Gasteiger partial charge is 0.456 e. The van der Waals surface area contributed by atoms with Gasteiger partial charge in [-0.25, -0.2) is 0 Å². The molecule has 0 spiro atoms. The minimum atomic E-state index is 0.894. The zero-order valence-electron chi connectivity index (χ0n) is 33.2. The van der Waals surface area contributed by atoms with Crippen molar-refractivity contribution in [3.05, 3.63) is 231 Å². The van der Waals surface area contributed by atoms with Crippen molar-refractivity contribution in [2.24, 2.45) is 0 Å². The van der Waals surface area contributed by atoms with Gasteiger partial charge < -0.3 is 13.9 Å². The standard InChI is InChI=1S/C58H38N2O/c1-2-16-40(17-3-1)44-20-4-8-28-52(44)59(55-31-14-25-45-46(24-13-26-47(45)55)50-27-15-33-57-58(50)51-23-7-11-32-56(51)61-57)42-36-34-39(35-37-42)41-18-12-19-43(38-41)60-53-29-9-5-21-48(53)49-22-6-10-30-54(49)60/h1-38H. The van der Waals surface area contributed by atoms with E-state index in [-0.39, 0.29) is 0 Å². The topological polar surface area (TPSA) is 21.3 Å². The van der Waals surface area contributed by atoms with E-state index >= 15 is 0 Å². The van der Waals surface area contributed by atoms with Crippen LogP contribution in [-0.4, -0.2) is 4.57 Å². The minimum absolute atomic E-state index is 0.894. The Morgan fingerprint density at radius 2 is 0.885 bits per heavy atom. The van der Waals surface area contributed by atoms with Crippen molar-refractivity contribution < 1.29 is 4.42 Å². The van der Waals surface area contributed by atoms with Gasteiger partial charge in [0.05, 0.1) is 22.4 Å². The molecule has 0 fully saturated rings. The lowest BCUT2D eigenvalue weighted by atomic mass is 9.93. The van der Waals surface area contributed by atoms with Gasteiger partial charge in [0, 0.05) is 43.9 Å². The van der Waals surface area contributed by atoms with E-state index in [0.717, 1.165) is 72.3 Å². The average molecular weight is 779 g/mol. The zero-order chi connectivity index (χ0) is 40.3.